The van der Waals surface area contributed by atoms with Gasteiger partial charge < -0.3 is 18.6 Å². The lowest BCUT2D eigenvalue weighted by Gasteiger charge is -2.25. The largest absolute Gasteiger partial charge is 0.466 e. The van der Waals surface area contributed by atoms with Gasteiger partial charge in [-0.05, 0) is 19.1 Å². The lowest BCUT2D eigenvalue weighted by atomic mass is 10.2. The molecule has 8 heteroatoms. The highest BCUT2D eigenvalue weighted by Crippen LogP contribution is 2.41. The molecule has 1 amide bonds. The van der Waals surface area contributed by atoms with Crippen LogP contribution >= 0.6 is 11.8 Å². The fourth-order valence-corrected chi connectivity index (χ4v) is 3.87. The van der Waals surface area contributed by atoms with E-state index in [2.05, 4.69) is 5.16 Å². The Labute approximate surface area is 136 Å². The van der Waals surface area contributed by atoms with Gasteiger partial charge in [-0.1, -0.05) is 5.16 Å². The molecule has 0 aliphatic carbocycles. The van der Waals surface area contributed by atoms with Crippen molar-refractivity contribution in [3.05, 3.63) is 41.7 Å². The summed E-state index contributed by atoms with van der Waals surface area (Å²) < 4.78 is 15.6. The van der Waals surface area contributed by atoms with Crippen molar-refractivity contribution >= 4 is 23.6 Å². The Balaban J connectivity index is 1.68. The average molecular weight is 336 g/mol. The number of carbonyl (C=O) groups excluding carboxylic acids is 2. The van der Waals surface area contributed by atoms with Crippen LogP contribution in [0.15, 0.2) is 33.4 Å². The molecule has 0 aromatic carbocycles. The maximum Gasteiger partial charge on any atom is 0.330 e. The smallest absolute Gasteiger partial charge is 0.330 e. The van der Waals surface area contributed by atoms with Crippen molar-refractivity contribution < 1.29 is 23.3 Å². The van der Waals surface area contributed by atoms with Gasteiger partial charge in [0.1, 0.15) is 35.2 Å². The summed E-state index contributed by atoms with van der Waals surface area (Å²) in [5, 5.41) is 3.46. The van der Waals surface area contributed by atoms with E-state index in [1.54, 1.807) is 31.4 Å². The van der Waals surface area contributed by atoms with Crippen molar-refractivity contribution in [2.45, 2.75) is 31.9 Å². The average Bonchev–Trinajstić information content (AvgIpc) is 3.24. The SMILES string of the molecule is CC(=O)N1[C@@H](c2ccco2)SC[C@H]1C(=O)OCc1cc(C)on1. The lowest BCUT2D eigenvalue weighted by Crippen LogP contribution is -2.42. The Kier molecular flexibility index (Phi) is 4.42. The number of amides is 1. The highest BCUT2D eigenvalue weighted by molar-refractivity contribution is 7.99. The first-order chi connectivity index (χ1) is 11.1. The number of hydrogen-bond acceptors (Lipinski definition) is 7. The zero-order valence-electron chi connectivity index (χ0n) is 12.7. The molecule has 23 heavy (non-hydrogen) atoms. The molecule has 1 aliphatic rings. The number of rotatable bonds is 4. The Morgan fingerprint density at radius 2 is 2.35 bits per heavy atom. The quantitative estimate of drug-likeness (QED) is 0.792. The van der Waals surface area contributed by atoms with E-state index in [4.69, 9.17) is 13.7 Å². The van der Waals surface area contributed by atoms with E-state index in [1.807, 2.05) is 0 Å². The number of esters is 1. The van der Waals surface area contributed by atoms with Gasteiger partial charge in [-0.2, -0.15) is 0 Å². The van der Waals surface area contributed by atoms with Gasteiger partial charge in [-0.15, -0.1) is 11.8 Å². The first-order valence-electron chi connectivity index (χ1n) is 7.09. The van der Waals surface area contributed by atoms with Crippen molar-refractivity contribution in [2.75, 3.05) is 5.75 Å². The second kappa shape index (κ2) is 6.49. The van der Waals surface area contributed by atoms with Crippen LogP contribution < -0.4 is 0 Å². The van der Waals surface area contributed by atoms with Gasteiger partial charge in [0.05, 0.1) is 6.26 Å². The van der Waals surface area contributed by atoms with E-state index in [1.165, 1.54) is 23.6 Å². The molecule has 1 fully saturated rings. The summed E-state index contributed by atoms with van der Waals surface area (Å²) in [6, 6.07) is 4.61. The monoisotopic (exact) mass is 336 g/mol. The predicted molar refractivity (Wildman–Crippen MR) is 81.3 cm³/mol. The van der Waals surface area contributed by atoms with Crippen LogP contribution in [0, 0.1) is 6.92 Å². The lowest BCUT2D eigenvalue weighted by molar-refractivity contribution is -0.155. The number of furan rings is 1. The number of nitrogens with zero attached hydrogens (tertiary/aromatic N) is 2. The van der Waals surface area contributed by atoms with Crippen molar-refractivity contribution in [2.24, 2.45) is 0 Å². The van der Waals surface area contributed by atoms with E-state index in [0.29, 0.717) is 23.0 Å². The summed E-state index contributed by atoms with van der Waals surface area (Å²) in [6.07, 6.45) is 1.55. The summed E-state index contributed by atoms with van der Waals surface area (Å²) in [5.74, 6) is 1.10. The molecule has 0 N–H and O–H groups in total. The fourth-order valence-electron chi connectivity index (χ4n) is 2.45. The number of aromatic nitrogens is 1. The van der Waals surface area contributed by atoms with E-state index in [-0.39, 0.29) is 17.9 Å². The van der Waals surface area contributed by atoms with Crippen LogP contribution in [0.4, 0.5) is 0 Å². The first-order valence-corrected chi connectivity index (χ1v) is 8.14. The van der Waals surface area contributed by atoms with Gasteiger partial charge in [0.15, 0.2) is 0 Å². The number of aryl methyl sites for hydroxylation is 1. The standard InChI is InChI=1S/C15H16N2O5S/c1-9-6-11(16-22-9)7-21-15(19)12-8-23-14(17(12)10(2)18)13-4-3-5-20-13/h3-6,12,14H,7-8H2,1-2H3/t12-,14+/m0/s1. The fraction of sp³-hybridized carbons (Fsp3) is 0.400. The van der Waals surface area contributed by atoms with E-state index >= 15 is 0 Å². The van der Waals surface area contributed by atoms with Crippen LogP contribution in [0.1, 0.15) is 29.5 Å². The van der Waals surface area contributed by atoms with Crippen LogP contribution in [-0.2, 0) is 20.9 Å². The molecule has 7 nitrogen and oxygen atoms in total. The summed E-state index contributed by atoms with van der Waals surface area (Å²) in [6.45, 7) is 3.22. The summed E-state index contributed by atoms with van der Waals surface area (Å²) in [5.41, 5.74) is 0.540. The second-order valence-corrected chi connectivity index (χ2v) is 6.29. The molecule has 2 aromatic heterocycles. The molecule has 2 atom stereocenters. The van der Waals surface area contributed by atoms with Crippen LogP contribution in [0.2, 0.25) is 0 Å². The molecular formula is C15H16N2O5S. The Morgan fingerprint density at radius 1 is 1.52 bits per heavy atom. The minimum Gasteiger partial charge on any atom is -0.466 e. The van der Waals surface area contributed by atoms with Gasteiger partial charge in [-0.3, -0.25) is 4.79 Å². The van der Waals surface area contributed by atoms with Crippen molar-refractivity contribution in [1.29, 1.82) is 0 Å². The molecule has 2 aromatic rings. The minimum absolute atomic E-state index is 0.0223. The molecular weight excluding hydrogens is 320 g/mol. The molecule has 0 unspecified atom stereocenters. The van der Waals surface area contributed by atoms with Crippen LogP contribution in [0.25, 0.3) is 0 Å². The number of hydrogen-bond donors (Lipinski definition) is 0. The van der Waals surface area contributed by atoms with E-state index in [9.17, 15) is 9.59 Å². The third kappa shape index (κ3) is 3.26. The highest BCUT2D eigenvalue weighted by Gasteiger charge is 2.43. The Hall–Kier alpha value is -2.22. The topological polar surface area (TPSA) is 85.8 Å². The van der Waals surface area contributed by atoms with Crippen molar-refractivity contribution in [1.82, 2.24) is 10.1 Å². The summed E-state index contributed by atoms with van der Waals surface area (Å²) in [4.78, 5) is 25.8. The van der Waals surface area contributed by atoms with Crippen LogP contribution in [-0.4, -0.2) is 33.7 Å². The molecule has 122 valence electrons. The number of carbonyl (C=O) groups is 2. The number of thioether (sulfide) groups is 1. The minimum atomic E-state index is -0.638. The molecule has 1 aliphatic heterocycles. The Morgan fingerprint density at radius 3 is 2.96 bits per heavy atom. The second-order valence-electron chi connectivity index (χ2n) is 5.18. The van der Waals surface area contributed by atoms with Gasteiger partial charge in [0.2, 0.25) is 5.91 Å². The van der Waals surface area contributed by atoms with Crippen LogP contribution in [0.3, 0.4) is 0 Å². The third-order valence-corrected chi connectivity index (χ3v) is 4.75. The Bertz CT molecular complexity index is 697. The molecule has 0 spiro atoms. The predicted octanol–water partition coefficient (Wildman–Crippen LogP) is 2.28. The summed E-state index contributed by atoms with van der Waals surface area (Å²) >= 11 is 1.48. The van der Waals surface area contributed by atoms with Crippen molar-refractivity contribution in [3.63, 3.8) is 0 Å². The molecule has 0 bridgehead atoms. The zero-order valence-corrected chi connectivity index (χ0v) is 13.5. The maximum absolute atomic E-state index is 12.3. The number of ether oxygens (including phenoxy) is 1. The van der Waals surface area contributed by atoms with Gasteiger partial charge in [0, 0.05) is 18.7 Å². The third-order valence-electron chi connectivity index (χ3n) is 3.46. The molecule has 3 heterocycles. The zero-order chi connectivity index (χ0) is 16.4. The van der Waals surface area contributed by atoms with Gasteiger partial charge in [-0.25, -0.2) is 4.79 Å². The maximum atomic E-state index is 12.3. The van der Waals surface area contributed by atoms with E-state index < -0.39 is 12.0 Å². The first kappa shape index (κ1) is 15.7. The molecule has 3 rings (SSSR count). The van der Waals surface area contributed by atoms with Crippen molar-refractivity contribution in [3.8, 4) is 0 Å². The normalized spacial score (nSPS) is 20.7. The van der Waals surface area contributed by atoms with Gasteiger partial charge in [0.25, 0.3) is 0 Å². The van der Waals surface area contributed by atoms with E-state index in [0.717, 1.165) is 0 Å². The van der Waals surface area contributed by atoms with Crippen LogP contribution in [0.5, 0.6) is 0 Å². The van der Waals surface area contributed by atoms with Gasteiger partial charge >= 0.3 is 5.97 Å². The molecule has 1 saturated heterocycles. The molecule has 0 radical (unpaired) electrons. The molecule has 0 saturated carbocycles. The highest BCUT2D eigenvalue weighted by atomic mass is 32.2. The summed E-state index contributed by atoms with van der Waals surface area (Å²) in [7, 11) is 0.